The summed E-state index contributed by atoms with van der Waals surface area (Å²) < 4.78 is 4.68. The largest absolute Gasteiger partial charge is 0.235 e. The van der Waals surface area contributed by atoms with Crippen molar-refractivity contribution in [3.8, 4) is 45.0 Å². The van der Waals surface area contributed by atoms with Crippen LogP contribution in [0.2, 0.25) is 0 Å². The molecule has 0 bridgehead atoms. The summed E-state index contributed by atoms with van der Waals surface area (Å²) >= 11 is 3.50. The summed E-state index contributed by atoms with van der Waals surface area (Å²) in [5.74, 6) is 0.744. The van der Waals surface area contributed by atoms with Crippen LogP contribution in [-0.4, -0.2) is 19.9 Å². The Morgan fingerprint density at radius 2 is 0.909 bits per heavy atom. The minimum Gasteiger partial charge on any atom is -0.235 e. The van der Waals surface area contributed by atoms with Gasteiger partial charge in [0.05, 0.1) is 31.8 Å². The molecular weight excluding hydrogens is 577 g/mol. The van der Waals surface area contributed by atoms with Crippen molar-refractivity contribution in [1.82, 2.24) is 19.9 Å². The van der Waals surface area contributed by atoms with Gasteiger partial charge < -0.3 is 0 Å². The van der Waals surface area contributed by atoms with Gasteiger partial charge in [-0.3, -0.25) is 0 Å². The summed E-state index contributed by atoms with van der Waals surface area (Å²) in [6, 6.07) is 44.5. The monoisotopic (exact) mass is 598 g/mol. The van der Waals surface area contributed by atoms with Crippen molar-refractivity contribution in [2.45, 2.75) is 0 Å². The molecule has 0 aliphatic carbocycles. The lowest BCUT2D eigenvalue weighted by atomic mass is 10.0. The number of hydrogen-bond acceptors (Lipinski definition) is 6. The van der Waals surface area contributed by atoms with Crippen LogP contribution in [0.1, 0.15) is 0 Å². The minimum absolute atomic E-state index is 0.744. The highest BCUT2D eigenvalue weighted by molar-refractivity contribution is 7.26. The molecule has 206 valence electrons. The number of rotatable bonds is 4. The minimum atomic E-state index is 0.744. The molecule has 9 rings (SSSR count). The highest BCUT2D eigenvalue weighted by Gasteiger charge is 2.17. The lowest BCUT2D eigenvalue weighted by molar-refractivity contribution is 1.24. The molecule has 0 fully saturated rings. The molecule has 5 aromatic carbocycles. The number of aromatic nitrogens is 4. The highest BCUT2D eigenvalue weighted by Crippen LogP contribution is 2.40. The van der Waals surface area contributed by atoms with Gasteiger partial charge >= 0.3 is 0 Å². The Morgan fingerprint density at radius 1 is 0.386 bits per heavy atom. The number of benzene rings is 5. The first-order chi connectivity index (χ1) is 21.8. The number of nitrogens with zero attached hydrogens (tertiary/aromatic N) is 4. The van der Waals surface area contributed by atoms with Crippen LogP contribution >= 0.6 is 22.7 Å². The second-order valence-corrected chi connectivity index (χ2v) is 12.8. The van der Waals surface area contributed by atoms with E-state index in [1.165, 1.54) is 20.2 Å². The molecule has 0 saturated heterocycles. The zero-order valence-electron chi connectivity index (χ0n) is 23.3. The Labute approximate surface area is 261 Å². The molecule has 0 aliphatic heterocycles. The Kier molecular flexibility index (Phi) is 5.82. The van der Waals surface area contributed by atoms with Gasteiger partial charge in [0.25, 0.3) is 0 Å². The normalized spacial score (nSPS) is 11.6. The lowest BCUT2D eigenvalue weighted by Crippen LogP contribution is -1.93. The Morgan fingerprint density at radius 3 is 1.57 bits per heavy atom. The summed E-state index contributed by atoms with van der Waals surface area (Å²) in [7, 11) is 0. The number of hydrogen-bond donors (Lipinski definition) is 0. The molecule has 0 saturated carbocycles. The predicted molar refractivity (Wildman–Crippen MR) is 185 cm³/mol. The molecule has 0 amide bonds. The van der Waals surface area contributed by atoms with Crippen molar-refractivity contribution >= 4 is 63.3 Å². The molecule has 44 heavy (non-hydrogen) atoms. The molecule has 0 atom stereocenters. The summed E-state index contributed by atoms with van der Waals surface area (Å²) in [6.45, 7) is 0. The third-order valence-electron chi connectivity index (χ3n) is 8.06. The van der Waals surface area contributed by atoms with Crippen molar-refractivity contribution in [2.75, 3.05) is 0 Å². The van der Waals surface area contributed by atoms with Crippen molar-refractivity contribution in [3.05, 3.63) is 134 Å². The van der Waals surface area contributed by atoms with E-state index in [2.05, 4.69) is 119 Å². The summed E-state index contributed by atoms with van der Waals surface area (Å²) in [5, 5.41) is 2.35. The van der Waals surface area contributed by atoms with Crippen molar-refractivity contribution in [1.29, 1.82) is 0 Å². The van der Waals surface area contributed by atoms with Gasteiger partial charge in [0.2, 0.25) is 0 Å². The second-order valence-electron chi connectivity index (χ2n) is 10.7. The smallest absolute Gasteiger partial charge is 0.160 e. The summed E-state index contributed by atoms with van der Waals surface area (Å²) in [6.07, 6.45) is 1.67. The average molecular weight is 599 g/mol. The summed E-state index contributed by atoms with van der Waals surface area (Å²) in [4.78, 5) is 19.4. The second kappa shape index (κ2) is 10.2. The van der Waals surface area contributed by atoms with E-state index in [4.69, 9.17) is 9.97 Å². The first-order valence-electron chi connectivity index (χ1n) is 14.4. The van der Waals surface area contributed by atoms with Crippen LogP contribution in [0.4, 0.5) is 0 Å². The van der Waals surface area contributed by atoms with Crippen molar-refractivity contribution < 1.29 is 0 Å². The zero-order chi connectivity index (χ0) is 29.0. The van der Waals surface area contributed by atoms with E-state index in [1.54, 1.807) is 29.0 Å². The van der Waals surface area contributed by atoms with Gasteiger partial charge in [0.1, 0.15) is 6.33 Å². The van der Waals surface area contributed by atoms with Crippen LogP contribution in [0.15, 0.2) is 134 Å². The fourth-order valence-corrected chi connectivity index (χ4v) is 8.19. The van der Waals surface area contributed by atoms with E-state index in [0.29, 0.717) is 0 Å². The molecule has 4 nitrogen and oxygen atoms in total. The SMILES string of the molecule is c1ccc(-c2nc(-c3ccc(-c4ccc(-c5ncnc6c5sc5ccccc56)cc4)cc3)c3sc4ccccc4c3n2)cc1. The topological polar surface area (TPSA) is 51.6 Å². The van der Waals surface area contributed by atoms with Gasteiger partial charge in [0.15, 0.2) is 5.82 Å². The first kappa shape index (κ1) is 25.2. The van der Waals surface area contributed by atoms with E-state index < -0.39 is 0 Å². The Balaban J connectivity index is 1.10. The van der Waals surface area contributed by atoms with Crippen LogP contribution in [0.5, 0.6) is 0 Å². The van der Waals surface area contributed by atoms with Crippen LogP contribution in [-0.2, 0) is 0 Å². The van der Waals surface area contributed by atoms with Crippen LogP contribution < -0.4 is 0 Å². The number of thiophene rings is 2. The average Bonchev–Trinajstić information content (AvgIpc) is 3.67. The fraction of sp³-hybridized carbons (Fsp3) is 0. The maximum absolute atomic E-state index is 5.11. The highest BCUT2D eigenvalue weighted by atomic mass is 32.1. The van der Waals surface area contributed by atoms with E-state index in [9.17, 15) is 0 Å². The predicted octanol–water partition coefficient (Wildman–Crippen LogP) is 10.7. The molecule has 4 heterocycles. The fourth-order valence-electron chi connectivity index (χ4n) is 5.87. The van der Waals surface area contributed by atoms with E-state index in [-0.39, 0.29) is 0 Å². The van der Waals surface area contributed by atoms with Crippen LogP contribution in [0.3, 0.4) is 0 Å². The molecule has 0 radical (unpaired) electrons. The maximum Gasteiger partial charge on any atom is 0.160 e. The van der Waals surface area contributed by atoms with E-state index >= 15 is 0 Å². The van der Waals surface area contributed by atoms with Crippen molar-refractivity contribution in [3.63, 3.8) is 0 Å². The molecule has 0 N–H and O–H groups in total. The lowest BCUT2D eigenvalue weighted by Gasteiger charge is -2.09. The van der Waals surface area contributed by atoms with Crippen molar-refractivity contribution in [2.24, 2.45) is 0 Å². The zero-order valence-corrected chi connectivity index (χ0v) is 24.9. The molecule has 9 aromatic rings. The molecule has 6 heteroatoms. The molecule has 0 unspecified atom stereocenters. The van der Waals surface area contributed by atoms with E-state index in [0.717, 1.165) is 65.5 Å². The van der Waals surface area contributed by atoms with Gasteiger partial charge in [-0.15, -0.1) is 22.7 Å². The molecule has 0 spiro atoms. The van der Waals surface area contributed by atoms with Gasteiger partial charge in [-0.2, -0.15) is 0 Å². The Bertz CT molecular complexity index is 2480. The van der Waals surface area contributed by atoms with Crippen LogP contribution in [0.25, 0.3) is 85.6 Å². The Hall–Kier alpha value is -5.30. The first-order valence-corrected chi connectivity index (χ1v) is 16.0. The summed E-state index contributed by atoms with van der Waals surface area (Å²) in [5.41, 5.74) is 9.45. The van der Waals surface area contributed by atoms with Gasteiger partial charge in [-0.1, -0.05) is 115 Å². The number of fused-ring (bicyclic) bond motifs is 6. The maximum atomic E-state index is 5.11. The van der Waals surface area contributed by atoms with Gasteiger partial charge in [-0.25, -0.2) is 19.9 Å². The van der Waals surface area contributed by atoms with Crippen LogP contribution in [0, 0.1) is 0 Å². The third kappa shape index (κ3) is 4.11. The standard InChI is InChI=1S/C38H22N4S2/c1-2-8-27(9-3-1)38-41-33(37-35(42-38)29-11-5-7-13-31(29)44-37)26-20-16-24(17-21-26)23-14-18-25(19-15-23)32-36-34(40-22-39-32)28-10-4-6-12-30(28)43-36/h1-22H. The molecule has 4 aromatic heterocycles. The van der Waals surface area contributed by atoms with E-state index in [1.807, 2.05) is 18.2 Å². The molecule has 0 aliphatic rings. The quantitative estimate of drug-likeness (QED) is 0.202. The van der Waals surface area contributed by atoms with Gasteiger partial charge in [-0.05, 0) is 23.3 Å². The van der Waals surface area contributed by atoms with Gasteiger partial charge in [0, 0.05) is 36.9 Å². The molecular formula is C38H22N4S2. The third-order valence-corrected chi connectivity index (χ3v) is 10.4.